The maximum atomic E-state index is 12.0. The molecule has 1 aromatic rings. The summed E-state index contributed by atoms with van der Waals surface area (Å²) in [6.45, 7) is 5.71. The summed E-state index contributed by atoms with van der Waals surface area (Å²) < 4.78 is 0. The third-order valence-electron chi connectivity index (χ3n) is 3.74. The van der Waals surface area contributed by atoms with Crippen LogP contribution in [0.2, 0.25) is 0 Å². The lowest BCUT2D eigenvalue weighted by molar-refractivity contribution is -0.125. The van der Waals surface area contributed by atoms with E-state index >= 15 is 0 Å². The molecule has 1 amide bonds. The number of aliphatic hydroxyl groups is 1. The highest BCUT2D eigenvalue weighted by atomic mass is 16.3. The van der Waals surface area contributed by atoms with Crippen molar-refractivity contribution in [2.24, 2.45) is 5.92 Å². The van der Waals surface area contributed by atoms with Crippen molar-refractivity contribution in [3.63, 3.8) is 0 Å². The van der Waals surface area contributed by atoms with Crippen LogP contribution in [-0.2, 0) is 17.8 Å². The van der Waals surface area contributed by atoms with Crippen molar-refractivity contribution in [3.8, 4) is 0 Å². The zero-order valence-electron chi connectivity index (χ0n) is 12.3. The first-order valence-electron chi connectivity index (χ1n) is 7.21. The van der Waals surface area contributed by atoms with Crippen molar-refractivity contribution in [2.75, 3.05) is 13.1 Å². The first kappa shape index (κ1) is 14.8. The largest absolute Gasteiger partial charge is 0.392 e. The third-order valence-corrected chi connectivity index (χ3v) is 3.74. The number of hydrogen-bond donors (Lipinski definition) is 1. The molecule has 1 atom stereocenters. The molecular formula is C17H23NO2. The normalized spacial score (nSPS) is 18.1. The highest BCUT2D eigenvalue weighted by Gasteiger charge is 2.25. The van der Waals surface area contributed by atoms with Gasteiger partial charge in [-0.15, -0.1) is 0 Å². The van der Waals surface area contributed by atoms with E-state index in [-0.39, 0.29) is 12.5 Å². The van der Waals surface area contributed by atoms with Crippen LogP contribution in [0.4, 0.5) is 0 Å². The van der Waals surface area contributed by atoms with Crippen LogP contribution in [0.3, 0.4) is 0 Å². The standard InChI is InChI=1S/C17H23NO2/c1-13(2)9-17(20)18-8-7-16(11-18)10-14-3-5-15(12-19)6-4-14/h3-6,9,16,19H,7-8,10-12H2,1-2H3/t16-/m1/s1. The lowest BCUT2D eigenvalue weighted by atomic mass is 9.98. The van der Waals surface area contributed by atoms with Crippen molar-refractivity contribution >= 4 is 5.91 Å². The van der Waals surface area contributed by atoms with Gasteiger partial charge < -0.3 is 10.0 Å². The fourth-order valence-corrected chi connectivity index (χ4v) is 2.65. The van der Waals surface area contributed by atoms with Crippen molar-refractivity contribution in [1.82, 2.24) is 4.90 Å². The molecule has 0 spiro atoms. The fourth-order valence-electron chi connectivity index (χ4n) is 2.65. The van der Waals surface area contributed by atoms with Gasteiger partial charge in [-0.1, -0.05) is 29.8 Å². The second-order valence-corrected chi connectivity index (χ2v) is 5.84. The lowest BCUT2D eigenvalue weighted by Crippen LogP contribution is -2.27. The average Bonchev–Trinajstić information content (AvgIpc) is 2.87. The number of carbonyl (C=O) groups excluding carboxylic acids is 1. The quantitative estimate of drug-likeness (QED) is 0.856. The maximum Gasteiger partial charge on any atom is 0.246 e. The van der Waals surface area contributed by atoms with E-state index in [1.807, 2.05) is 30.9 Å². The predicted octanol–water partition coefficient (Wildman–Crippen LogP) is 2.54. The van der Waals surface area contributed by atoms with Crippen molar-refractivity contribution in [1.29, 1.82) is 0 Å². The Hall–Kier alpha value is -1.61. The molecule has 1 fully saturated rings. The van der Waals surface area contributed by atoms with Crippen LogP contribution in [0.5, 0.6) is 0 Å². The average molecular weight is 273 g/mol. The fraction of sp³-hybridized carbons (Fsp3) is 0.471. The molecule has 0 saturated carbocycles. The van der Waals surface area contributed by atoms with Crippen LogP contribution >= 0.6 is 0 Å². The van der Waals surface area contributed by atoms with Crippen molar-refractivity contribution in [2.45, 2.75) is 33.3 Å². The van der Waals surface area contributed by atoms with E-state index in [0.717, 1.165) is 37.1 Å². The van der Waals surface area contributed by atoms with Crippen molar-refractivity contribution < 1.29 is 9.90 Å². The molecule has 0 aliphatic carbocycles. The summed E-state index contributed by atoms with van der Waals surface area (Å²) in [5, 5.41) is 9.03. The molecule has 1 heterocycles. The van der Waals surface area contributed by atoms with Gasteiger partial charge in [-0.25, -0.2) is 0 Å². The van der Waals surface area contributed by atoms with Crippen LogP contribution in [0.25, 0.3) is 0 Å². The van der Waals surface area contributed by atoms with E-state index in [0.29, 0.717) is 5.92 Å². The van der Waals surface area contributed by atoms with Gasteiger partial charge in [0.15, 0.2) is 0 Å². The highest BCUT2D eigenvalue weighted by molar-refractivity contribution is 5.88. The van der Waals surface area contributed by atoms with E-state index in [1.54, 1.807) is 6.08 Å². The number of carbonyl (C=O) groups is 1. The van der Waals surface area contributed by atoms with E-state index in [4.69, 9.17) is 5.11 Å². The topological polar surface area (TPSA) is 40.5 Å². The number of benzene rings is 1. The van der Waals surface area contributed by atoms with E-state index in [9.17, 15) is 4.79 Å². The number of rotatable bonds is 4. The second kappa shape index (κ2) is 6.71. The summed E-state index contributed by atoms with van der Waals surface area (Å²) in [5.74, 6) is 0.688. The van der Waals surface area contributed by atoms with Gasteiger partial charge in [0.2, 0.25) is 5.91 Å². The van der Waals surface area contributed by atoms with Gasteiger partial charge in [-0.3, -0.25) is 4.79 Å². The van der Waals surface area contributed by atoms with E-state index in [1.165, 1.54) is 5.56 Å². The molecule has 3 heteroatoms. The van der Waals surface area contributed by atoms with Gasteiger partial charge in [0.25, 0.3) is 0 Å². The molecule has 2 rings (SSSR count). The smallest absolute Gasteiger partial charge is 0.246 e. The summed E-state index contributed by atoms with van der Waals surface area (Å²) in [7, 11) is 0. The van der Waals surface area contributed by atoms with Gasteiger partial charge in [0.1, 0.15) is 0 Å². The molecule has 3 nitrogen and oxygen atoms in total. The minimum absolute atomic E-state index is 0.0920. The summed E-state index contributed by atoms with van der Waals surface area (Å²) in [6, 6.07) is 8.09. The first-order chi connectivity index (χ1) is 9.58. The lowest BCUT2D eigenvalue weighted by Gasteiger charge is -2.15. The Kier molecular flexibility index (Phi) is 4.96. The molecule has 0 radical (unpaired) electrons. The maximum absolute atomic E-state index is 12.0. The van der Waals surface area contributed by atoms with Crippen molar-refractivity contribution in [3.05, 3.63) is 47.0 Å². The number of nitrogens with zero attached hydrogens (tertiary/aromatic N) is 1. The molecule has 108 valence electrons. The summed E-state index contributed by atoms with van der Waals surface area (Å²) in [6.07, 6.45) is 3.80. The minimum Gasteiger partial charge on any atom is -0.392 e. The van der Waals surface area contributed by atoms with Crippen LogP contribution in [0.1, 0.15) is 31.4 Å². The highest BCUT2D eigenvalue weighted by Crippen LogP contribution is 2.21. The van der Waals surface area contributed by atoms with Crippen LogP contribution in [0, 0.1) is 5.92 Å². The predicted molar refractivity (Wildman–Crippen MR) is 80.2 cm³/mol. The molecule has 1 aromatic carbocycles. The SMILES string of the molecule is CC(C)=CC(=O)N1CC[C@H](Cc2ccc(CO)cc2)C1. The Balaban J connectivity index is 1.89. The Bertz CT molecular complexity index is 486. The second-order valence-electron chi connectivity index (χ2n) is 5.84. The monoisotopic (exact) mass is 273 g/mol. The van der Waals surface area contributed by atoms with Gasteiger partial charge >= 0.3 is 0 Å². The minimum atomic E-state index is 0.0920. The Morgan fingerprint density at radius 2 is 1.95 bits per heavy atom. The van der Waals surface area contributed by atoms with Gasteiger partial charge in [0.05, 0.1) is 6.61 Å². The molecule has 1 saturated heterocycles. The molecule has 1 N–H and O–H groups in total. The molecule has 0 aromatic heterocycles. The zero-order valence-corrected chi connectivity index (χ0v) is 12.3. The van der Waals surface area contributed by atoms with Crippen LogP contribution < -0.4 is 0 Å². The Labute approximate surface area is 120 Å². The van der Waals surface area contributed by atoms with Gasteiger partial charge in [-0.05, 0) is 43.7 Å². The molecule has 20 heavy (non-hydrogen) atoms. The molecular weight excluding hydrogens is 250 g/mol. The van der Waals surface area contributed by atoms with Crippen LogP contribution in [0.15, 0.2) is 35.9 Å². The number of likely N-dealkylation sites (tertiary alicyclic amines) is 1. The summed E-state index contributed by atoms with van der Waals surface area (Å²) in [5.41, 5.74) is 3.28. The first-order valence-corrected chi connectivity index (χ1v) is 7.21. The van der Waals surface area contributed by atoms with Gasteiger partial charge in [-0.2, -0.15) is 0 Å². The van der Waals surface area contributed by atoms with Gasteiger partial charge in [0, 0.05) is 19.2 Å². The van der Waals surface area contributed by atoms with E-state index in [2.05, 4.69) is 12.1 Å². The Morgan fingerprint density at radius 1 is 1.30 bits per heavy atom. The third kappa shape index (κ3) is 3.94. The molecule has 1 aliphatic rings. The number of amides is 1. The molecule has 0 bridgehead atoms. The number of allylic oxidation sites excluding steroid dienone is 1. The van der Waals surface area contributed by atoms with Crippen LogP contribution in [-0.4, -0.2) is 29.0 Å². The molecule has 0 unspecified atom stereocenters. The zero-order chi connectivity index (χ0) is 14.5. The van der Waals surface area contributed by atoms with E-state index < -0.39 is 0 Å². The Morgan fingerprint density at radius 3 is 2.55 bits per heavy atom. The number of hydrogen-bond acceptors (Lipinski definition) is 2. The molecule has 1 aliphatic heterocycles. The number of aliphatic hydroxyl groups excluding tert-OH is 1. The summed E-state index contributed by atoms with van der Waals surface area (Å²) in [4.78, 5) is 13.9. The summed E-state index contributed by atoms with van der Waals surface area (Å²) >= 11 is 0.